The molecule has 7 nitrogen and oxygen atoms in total. The van der Waals surface area contributed by atoms with Crippen molar-refractivity contribution in [2.24, 2.45) is 4.99 Å². The Morgan fingerprint density at radius 3 is 2.80 bits per heavy atom. The van der Waals surface area contributed by atoms with Gasteiger partial charge in [0, 0.05) is 37.7 Å². The minimum absolute atomic E-state index is 0.179. The van der Waals surface area contributed by atoms with Gasteiger partial charge >= 0.3 is 5.97 Å². The highest BCUT2D eigenvalue weighted by Crippen LogP contribution is 2.32. The van der Waals surface area contributed by atoms with Gasteiger partial charge in [0.05, 0.1) is 20.3 Å². The molecule has 0 unspecified atom stereocenters. The Labute approximate surface area is 148 Å². The predicted molar refractivity (Wildman–Crippen MR) is 97.5 cm³/mol. The normalized spacial score (nSPS) is 13.8. The van der Waals surface area contributed by atoms with Crippen LogP contribution in [0.3, 0.4) is 0 Å². The lowest BCUT2D eigenvalue weighted by Crippen LogP contribution is -2.30. The Kier molecular flexibility index (Phi) is 7.88. The standard InChI is InChI=1S/C18H27N3O4/c1-3-19-18(20-10-5-4-7-17(22)23-2)21-14-8-9-15-16(13-14)25-12-6-11-24-15/h8-9,13H,3-7,10-12H2,1-2H3,(H2,19,20,21). The molecule has 1 aromatic carbocycles. The number of carbonyl (C=O) groups excluding carboxylic acids is 1. The summed E-state index contributed by atoms with van der Waals surface area (Å²) in [5, 5.41) is 6.48. The lowest BCUT2D eigenvalue weighted by molar-refractivity contribution is -0.140. The fraction of sp³-hybridized carbons (Fsp3) is 0.556. The van der Waals surface area contributed by atoms with Crippen LogP contribution < -0.4 is 20.1 Å². The molecule has 2 rings (SSSR count). The highest BCUT2D eigenvalue weighted by molar-refractivity contribution is 5.93. The number of guanidine groups is 1. The predicted octanol–water partition coefficient (Wildman–Crippen LogP) is 2.57. The van der Waals surface area contributed by atoms with Gasteiger partial charge in [-0.2, -0.15) is 0 Å². The van der Waals surface area contributed by atoms with Crippen molar-refractivity contribution in [1.29, 1.82) is 0 Å². The van der Waals surface area contributed by atoms with E-state index in [0.29, 0.717) is 32.1 Å². The summed E-state index contributed by atoms with van der Waals surface area (Å²) in [4.78, 5) is 15.6. The summed E-state index contributed by atoms with van der Waals surface area (Å²) in [5.41, 5.74) is 0.888. The van der Waals surface area contributed by atoms with E-state index in [1.54, 1.807) is 0 Å². The van der Waals surface area contributed by atoms with Gasteiger partial charge in [0.1, 0.15) is 0 Å². The van der Waals surface area contributed by atoms with Crippen LogP contribution in [0.2, 0.25) is 0 Å². The van der Waals surface area contributed by atoms with Crippen LogP contribution in [0, 0.1) is 0 Å². The molecular weight excluding hydrogens is 322 g/mol. The first-order chi connectivity index (χ1) is 12.2. The monoisotopic (exact) mass is 349 g/mol. The maximum absolute atomic E-state index is 11.1. The molecule has 1 aromatic rings. The molecule has 0 aliphatic carbocycles. The van der Waals surface area contributed by atoms with Crippen molar-refractivity contribution >= 4 is 17.6 Å². The van der Waals surface area contributed by atoms with Crippen LogP contribution in [0.15, 0.2) is 23.2 Å². The molecule has 0 atom stereocenters. The van der Waals surface area contributed by atoms with Crippen LogP contribution in [-0.4, -0.2) is 45.3 Å². The molecule has 7 heteroatoms. The zero-order valence-electron chi connectivity index (χ0n) is 15.0. The number of unbranched alkanes of at least 4 members (excludes halogenated alkanes) is 1. The summed E-state index contributed by atoms with van der Waals surface area (Å²) >= 11 is 0. The summed E-state index contributed by atoms with van der Waals surface area (Å²) in [6.45, 7) is 4.75. The Morgan fingerprint density at radius 2 is 2.04 bits per heavy atom. The van der Waals surface area contributed by atoms with Gasteiger partial charge in [0.2, 0.25) is 0 Å². The summed E-state index contributed by atoms with van der Waals surface area (Å²) in [6.07, 6.45) is 2.90. The number of anilines is 1. The summed E-state index contributed by atoms with van der Waals surface area (Å²) in [5.74, 6) is 2.04. The Balaban J connectivity index is 1.90. The number of hydrogen-bond donors (Lipinski definition) is 2. The van der Waals surface area contributed by atoms with Gasteiger partial charge in [-0.05, 0) is 31.9 Å². The van der Waals surface area contributed by atoms with Crippen molar-refractivity contribution in [2.45, 2.75) is 32.6 Å². The van der Waals surface area contributed by atoms with E-state index in [0.717, 1.165) is 43.0 Å². The molecule has 1 heterocycles. The maximum Gasteiger partial charge on any atom is 0.305 e. The minimum atomic E-state index is -0.179. The number of rotatable bonds is 7. The van der Waals surface area contributed by atoms with E-state index in [9.17, 15) is 4.79 Å². The molecule has 0 amide bonds. The Bertz CT molecular complexity index is 590. The SMILES string of the molecule is CCNC(=NCCCCC(=O)OC)Nc1ccc2c(c1)OCCCO2. The second-order valence-electron chi connectivity index (χ2n) is 5.63. The molecule has 0 saturated heterocycles. The van der Waals surface area contributed by atoms with Crippen LogP contribution >= 0.6 is 0 Å². The quantitative estimate of drug-likeness (QED) is 0.341. The smallest absolute Gasteiger partial charge is 0.305 e. The molecular formula is C18H27N3O4. The van der Waals surface area contributed by atoms with E-state index in [1.807, 2.05) is 25.1 Å². The van der Waals surface area contributed by atoms with Crippen molar-refractivity contribution < 1.29 is 19.0 Å². The molecule has 0 aromatic heterocycles. The van der Waals surface area contributed by atoms with Crippen LogP contribution in [0.25, 0.3) is 0 Å². The second kappa shape index (κ2) is 10.4. The van der Waals surface area contributed by atoms with Gasteiger partial charge in [0.25, 0.3) is 0 Å². The van der Waals surface area contributed by atoms with Crippen LogP contribution in [0.5, 0.6) is 11.5 Å². The van der Waals surface area contributed by atoms with E-state index in [1.165, 1.54) is 7.11 Å². The van der Waals surface area contributed by atoms with Crippen LogP contribution in [0.4, 0.5) is 5.69 Å². The largest absolute Gasteiger partial charge is 0.490 e. The third kappa shape index (κ3) is 6.52. The van der Waals surface area contributed by atoms with Crippen molar-refractivity contribution in [1.82, 2.24) is 5.32 Å². The van der Waals surface area contributed by atoms with E-state index in [4.69, 9.17) is 9.47 Å². The number of fused-ring (bicyclic) bond motifs is 1. The molecule has 1 aliphatic heterocycles. The van der Waals surface area contributed by atoms with Gasteiger partial charge in [-0.15, -0.1) is 0 Å². The highest BCUT2D eigenvalue weighted by Gasteiger charge is 2.11. The number of benzene rings is 1. The minimum Gasteiger partial charge on any atom is -0.490 e. The van der Waals surface area contributed by atoms with Crippen molar-refractivity contribution in [3.63, 3.8) is 0 Å². The van der Waals surface area contributed by atoms with Gasteiger partial charge in [-0.1, -0.05) is 0 Å². The van der Waals surface area contributed by atoms with Gasteiger partial charge < -0.3 is 24.8 Å². The second-order valence-corrected chi connectivity index (χ2v) is 5.63. The molecule has 138 valence electrons. The molecule has 1 aliphatic rings. The lowest BCUT2D eigenvalue weighted by atomic mass is 10.2. The Hall–Kier alpha value is -2.44. The number of nitrogens with zero attached hydrogens (tertiary/aromatic N) is 1. The van der Waals surface area contributed by atoms with Crippen molar-refractivity contribution in [3.8, 4) is 11.5 Å². The van der Waals surface area contributed by atoms with Gasteiger partial charge in [0.15, 0.2) is 17.5 Å². The fourth-order valence-corrected chi connectivity index (χ4v) is 2.36. The third-order valence-corrected chi connectivity index (χ3v) is 3.64. The maximum atomic E-state index is 11.1. The number of aliphatic imine (C=N–C) groups is 1. The zero-order chi connectivity index (χ0) is 17.9. The molecule has 2 N–H and O–H groups in total. The first-order valence-corrected chi connectivity index (χ1v) is 8.74. The summed E-state index contributed by atoms with van der Waals surface area (Å²) in [6, 6.07) is 5.77. The number of nitrogens with one attached hydrogen (secondary N) is 2. The summed E-state index contributed by atoms with van der Waals surface area (Å²) < 4.78 is 16.0. The molecule has 0 fully saturated rings. The Morgan fingerprint density at radius 1 is 1.24 bits per heavy atom. The topological polar surface area (TPSA) is 81.2 Å². The zero-order valence-corrected chi connectivity index (χ0v) is 15.0. The molecule has 0 bridgehead atoms. The molecule has 0 radical (unpaired) electrons. The van der Waals surface area contributed by atoms with E-state index in [2.05, 4.69) is 20.4 Å². The summed E-state index contributed by atoms with van der Waals surface area (Å²) in [7, 11) is 1.41. The van der Waals surface area contributed by atoms with E-state index < -0.39 is 0 Å². The fourth-order valence-electron chi connectivity index (χ4n) is 2.36. The number of methoxy groups -OCH3 is 1. The number of esters is 1. The molecule has 25 heavy (non-hydrogen) atoms. The van der Waals surface area contributed by atoms with E-state index >= 15 is 0 Å². The van der Waals surface area contributed by atoms with Crippen LogP contribution in [0.1, 0.15) is 32.6 Å². The van der Waals surface area contributed by atoms with E-state index in [-0.39, 0.29) is 5.97 Å². The number of ether oxygens (including phenoxy) is 3. The van der Waals surface area contributed by atoms with Gasteiger partial charge in [-0.3, -0.25) is 9.79 Å². The average Bonchev–Trinajstić information content (AvgIpc) is 2.86. The van der Waals surface area contributed by atoms with Crippen molar-refractivity contribution in [2.75, 3.05) is 38.7 Å². The van der Waals surface area contributed by atoms with Gasteiger partial charge in [-0.25, -0.2) is 0 Å². The average molecular weight is 349 g/mol. The molecule has 0 saturated carbocycles. The third-order valence-electron chi connectivity index (χ3n) is 3.64. The first-order valence-electron chi connectivity index (χ1n) is 8.74. The van der Waals surface area contributed by atoms with Crippen LogP contribution in [-0.2, 0) is 9.53 Å². The first kappa shape index (κ1) is 18.9. The number of carbonyl (C=O) groups is 1. The van der Waals surface area contributed by atoms with Crippen molar-refractivity contribution in [3.05, 3.63) is 18.2 Å². The molecule has 0 spiro atoms. The number of hydrogen-bond acceptors (Lipinski definition) is 5. The highest BCUT2D eigenvalue weighted by atomic mass is 16.5. The lowest BCUT2D eigenvalue weighted by Gasteiger charge is -2.13.